The molecule has 128 valence electrons. The smallest absolute Gasteiger partial charge is 0.348 e. The van der Waals surface area contributed by atoms with E-state index in [1.165, 1.54) is 6.92 Å². The van der Waals surface area contributed by atoms with Crippen LogP contribution < -0.4 is 5.32 Å². The maximum atomic E-state index is 12.2. The largest absolute Gasteiger partial charge is 0.460 e. The number of ether oxygens (including phenoxy) is 1. The van der Waals surface area contributed by atoms with Crippen LogP contribution in [0.5, 0.6) is 0 Å². The Morgan fingerprint density at radius 3 is 2.32 bits per heavy atom. The monoisotopic (exact) mass is 358 g/mol. The Balaban J connectivity index is 1.56. The highest BCUT2D eigenvalue weighted by atomic mass is 32.1. The highest BCUT2D eigenvalue weighted by Gasteiger charge is 2.34. The summed E-state index contributed by atoms with van der Waals surface area (Å²) in [5.74, 6) is -1.58. The summed E-state index contributed by atoms with van der Waals surface area (Å²) in [5, 5.41) is 3.12. The molecule has 0 unspecified atom stereocenters. The normalized spacial score (nSPS) is 12.9. The van der Waals surface area contributed by atoms with Crippen LogP contribution in [0.25, 0.3) is 0 Å². The number of thiophene rings is 1. The zero-order chi connectivity index (χ0) is 18.0. The second-order valence-electron chi connectivity index (χ2n) is 5.29. The van der Waals surface area contributed by atoms with Crippen LogP contribution in [0.15, 0.2) is 36.4 Å². The fraction of sp³-hybridized carbons (Fsp3) is 0.176. The number of nitrogens with zero attached hydrogens (tertiary/aromatic N) is 1. The standard InChI is InChI=1S/C17H14N2O5S/c1-10(20)18-14-7-6-13(25-14)17(23)24-9-8-19-15(21)11-4-2-3-5-12(11)16(19)22/h2-7H,8-9H2,1H3,(H,18,20). The molecule has 3 rings (SSSR count). The van der Waals surface area contributed by atoms with E-state index in [-0.39, 0.29) is 30.9 Å². The third-order valence-electron chi connectivity index (χ3n) is 3.53. The number of imide groups is 1. The first-order valence-corrected chi connectivity index (χ1v) is 8.29. The number of nitrogens with one attached hydrogen (secondary N) is 1. The van der Waals surface area contributed by atoms with Crippen molar-refractivity contribution in [2.24, 2.45) is 0 Å². The van der Waals surface area contributed by atoms with Crippen molar-refractivity contribution in [3.63, 3.8) is 0 Å². The van der Waals surface area contributed by atoms with Gasteiger partial charge in [-0.25, -0.2) is 4.79 Å². The van der Waals surface area contributed by atoms with E-state index in [2.05, 4.69) is 5.32 Å². The molecule has 0 saturated carbocycles. The van der Waals surface area contributed by atoms with Crippen LogP contribution in [0.4, 0.5) is 5.00 Å². The fourth-order valence-electron chi connectivity index (χ4n) is 2.43. The van der Waals surface area contributed by atoms with Gasteiger partial charge in [0.05, 0.1) is 22.7 Å². The van der Waals surface area contributed by atoms with Gasteiger partial charge in [0, 0.05) is 6.92 Å². The Kier molecular flexibility index (Phi) is 4.62. The van der Waals surface area contributed by atoms with Crippen molar-refractivity contribution in [1.29, 1.82) is 0 Å². The van der Waals surface area contributed by atoms with Crippen LogP contribution in [-0.4, -0.2) is 41.7 Å². The van der Waals surface area contributed by atoms with E-state index in [9.17, 15) is 19.2 Å². The number of benzene rings is 1. The van der Waals surface area contributed by atoms with Crippen molar-refractivity contribution in [3.05, 3.63) is 52.4 Å². The van der Waals surface area contributed by atoms with E-state index < -0.39 is 5.97 Å². The second kappa shape index (κ2) is 6.86. The van der Waals surface area contributed by atoms with Gasteiger partial charge in [-0.05, 0) is 24.3 Å². The average molecular weight is 358 g/mol. The molecule has 25 heavy (non-hydrogen) atoms. The van der Waals surface area contributed by atoms with Gasteiger partial charge in [-0.3, -0.25) is 19.3 Å². The van der Waals surface area contributed by atoms with Gasteiger partial charge in [-0.1, -0.05) is 12.1 Å². The van der Waals surface area contributed by atoms with E-state index in [0.717, 1.165) is 16.2 Å². The number of anilines is 1. The highest BCUT2D eigenvalue weighted by molar-refractivity contribution is 7.18. The molecule has 7 nitrogen and oxygen atoms in total. The number of amides is 3. The Morgan fingerprint density at radius 1 is 1.08 bits per heavy atom. The first kappa shape index (κ1) is 16.8. The number of fused-ring (bicyclic) bond motifs is 1. The lowest BCUT2D eigenvalue weighted by atomic mass is 10.1. The number of hydrogen-bond donors (Lipinski definition) is 1. The summed E-state index contributed by atoms with van der Waals surface area (Å²) >= 11 is 1.09. The number of esters is 1. The van der Waals surface area contributed by atoms with Gasteiger partial charge in [-0.15, -0.1) is 11.3 Å². The molecule has 0 saturated heterocycles. The molecule has 0 aliphatic carbocycles. The van der Waals surface area contributed by atoms with E-state index >= 15 is 0 Å². The first-order chi connectivity index (χ1) is 12.0. The quantitative estimate of drug-likeness (QED) is 0.653. The van der Waals surface area contributed by atoms with Crippen molar-refractivity contribution in [2.45, 2.75) is 6.92 Å². The van der Waals surface area contributed by atoms with E-state index in [1.807, 2.05) is 0 Å². The van der Waals surface area contributed by atoms with Crippen LogP contribution in [0, 0.1) is 0 Å². The predicted molar refractivity (Wildman–Crippen MR) is 90.7 cm³/mol. The molecule has 3 amide bonds. The summed E-state index contributed by atoms with van der Waals surface area (Å²) in [6.07, 6.45) is 0. The topological polar surface area (TPSA) is 92.8 Å². The average Bonchev–Trinajstić information content (AvgIpc) is 3.13. The summed E-state index contributed by atoms with van der Waals surface area (Å²) in [6.45, 7) is 1.26. The zero-order valence-electron chi connectivity index (χ0n) is 13.3. The number of carbonyl (C=O) groups excluding carboxylic acids is 4. The van der Waals surface area contributed by atoms with Crippen molar-refractivity contribution in [1.82, 2.24) is 4.90 Å². The molecule has 2 aromatic rings. The third kappa shape index (κ3) is 3.43. The Morgan fingerprint density at radius 2 is 1.72 bits per heavy atom. The zero-order valence-corrected chi connectivity index (χ0v) is 14.1. The molecule has 1 aromatic heterocycles. The van der Waals surface area contributed by atoms with Crippen LogP contribution in [0.3, 0.4) is 0 Å². The lowest BCUT2D eigenvalue weighted by Crippen LogP contribution is -2.33. The molecule has 0 radical (unpaired) electrons. The van der Waals surface area contributed by atoms with Crippen LogP contribution in [-0.2, 0) is 9.53 Å². The fourth-order valence-corrected chi connectivity index (χ4v) is 3.28. The predicted octanol–water partition coefficient (Wildman–Crippen LogP) is 2.16. The summed E-state index contributed by atoms with van der Waals surface area (Å²) in [6, 6.07) is 9.72. The number of hydrogen-bond acceptors (Lipinski definition) is 6. The van der Waals surface area contributed by atoms with Gasteiger partial charge in [0.15, 0.2) is 0 Å². The van der Waals surface area contributed by atoms with Gasteiger partial charge in [-0.2, -0.15) is 0 Å². The highest BCUT2D eigenvalue weighted by Crippen LogP contribution is 2.23. The number of carbonyl (C=O) groups is 4. The van der Waals surface area contributed by atoms with Crippen molar-refractivity contribution >= 4 is 40.0 Å². The summed E-state index contributed by atoms with van der Waals surface area (Å²) in [7, 11) is 0. The lowest BCUT2D eigenvalue weighted by molar-refractivity contribution is -0.114. The maximum Gasteiger partial charge on any atom is 0.348 e. The minimum atomic E-state index is -0.571. The van der Waals surface area contributed by atoms with Gasteiger partial charge in [0.2, 0.25) is 5.91 Å². The molecule has 1 N–H and O–H groups in total. The Hall–Kier alpha value is -3.00. The summed E-state index contributed by atoms with van der Waals surface area (Å²) in [4.78, 5) is 48.7. The lowest BCUT2D eigenvalue weighted by Gasteiger charge is -2.13. The molecular formula is C17H14N2O5S. The minimum Gasteiger partial charge on any atom is -0.460 e. The van der Waals surface area contributed by atoms with Crippen LogP contribution >= 0.6 is 11.3 Å². The SMILES string of the molecule is CC(=O)Nc1ccc(C(=O)OCCN2C(=O)c3ccccc3C2=O)s1. The number of rotatable bonds is 5. The maximum absolute atomic E-state index is 12.2. The van der Waals surface area contributed by atoms with Gasteiger partial charge in [0.25, 0.3) is 11.8 Å². The molecule has 1 aromatic carbocycles. The molecule has 2 heterocycles. The van der Waals surface area contributed by atoms with E-state index in [4.69, 9.17) is 4.74 Å². The summed E-state index contributed by atoms with van der Waals surface area (Å²) < 4.78 is 5.12. The van der Waals surface area contributed by atoms with Crippen LogP contribution in [0.1, 0.15) is 37.3 Å². The molecule has 0 fully saturated rings. The Bertz CT molecular complexity index is 838. The molecule has 8 heteroatoms. The van der Waals surface area contributed by atoms with E-state index in [0.29, 0.717) is 21.0 Å². The molecule has 0 bridgehead atoms. The van der Waals surface area contributed by atoms with Crippen molar-refractivity contribution in [3.8, 4) is 0 Å². The minimum absolute atomic E-state index is 0.0119. The molecule has 1 aliphatic rings. The van der Waals surface area contributed by atoms with Gasteiger partial charge >= 0.3 is 5.97 Å². The van der Waals surface area contributed by atoms with Crippen molar-refractivity contribution in [2.75, 3.05) is 18.5 Å². The van der Waals surface area contributed by atoms with Crippen LogP contribution in [0.2, 0.25) is 0 Å². The van der Waals surface area contributed by atoms with Gasteiger partial charge in [0.1, 0.15) is 11.5 Å². The Labute approximate surface area is 147 Å². The molecular weight excluding hydrogens is 344 g/mol. The summed E-state index contributed by atoms with van der Waals surface area (Å²) in [5.41, 5.74) is 0.717. The molecule has 0 spiro atoms. The van der Waals surface area contributed by atoms with Gasteiger partial charge < -0.3 is 10.1 Å². The molecule has 0 atom stereocenters. The first-order valence-electron chi connectivity index (χ1n) is 7.47. The van der Waals surface area contributed by atoms with Crippen molar-refractivity contribution < 1.29 is 23.9 Å². The van der Waals surface area contributed by atoms with E-state index in [1.54, 1.807) is 36.4 Å². The second-order valence-corrected chi connectivity index (χ2v) is 6.37. The molecule has 1 aliphatic heterocycles. The third-order valence-corrected chi connectivity index (χ3v) is 4.51.